The number of benzene rings is 1. The number of rotatable bonds is 6. The summed E-state index contributed by atoms with van der Waals surface area (Å²) in [5.74, 6) is 0.968. The fourth-order valence-electron chi connectivity index (χ4n) is 2.76. The molecule has 0 radical (unpaired) electrons. The minimum atomic E-state index is -0.170. The Morgan fingerprint density at radius 1 is 1.43 bits per heavy atom. The molecule has 116 valence electrons. The van der Waals surface area contributed by atoms with Gasteiger partial charge in [0.2, 0.25) is 0 Å². The summed E-state index contributed by atoms with van der Waals surface area (Å²) in [4.78, 5) is 11.4. The van der Waals surface area contributed by atoms with Crippen molar-refractivity contribution < 1.29 is 19.4 Å². The molecule has 0 saturated carbocycles. The van der Waals surface area contributed by atoms with Crippen LogP contribution in [0.15, 0.2) is 12.1 Å². The van der Waals surface area contributed by atoms with Gasteiger partial charge in [0.05, 0.1) is 12.7 Å². The van der Waals surface area contributed by atoms with E-state index in [1.807, 2.05) is 13.0 Å². The molecule has 4 nitrogen and oxygen atoms in total. The van der Waals surface area contributed by atoms with Gasteiger partial charge in [-0.05, 0) is 44.2 Å². The zero-order valence-electron chi connectivity index (χ0n) is 12.9. The molecular weight excluding hydrogens is 268 g/mol. The molecule has 0 amide bonds. The average Bonchev–Trinajstić information content (AvgIpc) is 2.48. The standard InChI is InChI=1S/C17H24O4/c1-3-5-14-15(18)10-7-12-6-8-13(21-17(12)14)9-11-16(19)20-4-2/h7,10,13,18H,3-6,8-9,11H2,1-2H3. The normalized spacial score (nSPS) is 17.0. The highest BCUT2D eigenvalue weighted by molar-refractivity contribution is 5.69. The zero-order valence-corrected chi connectivity index (χ0v) is 12.9. The molecule has 0 aromatic heterocycles. The highest BCUT2D eigenvalue weighted by Crippen LogP contribution is 2.38. The van der Waals surface area contributed by atoms with Crippen LogP contribution in [0.1, 0.15) is 50.7 Å². The Morgan fingerprint density at radius 2 is 2.24 bits per heavy atom. The molecule has 2 rings (SSSR count). The number of hydrogen-bond donors (Lipinski definition) is 1. The van der Waals surface area contributed by atoms with Gasteiger partial charge in [-0.25, -0.2) is 0 Å². The zero-order chi connectivity index (χ0) is 15.2. The number of aryl methyl sites for hydroxylation is 1. The molecule has 1 N–H and O–H groups in total. The van der Waals surface area contributed by atoms with Crippen molar-refractivity contribution in [2.75, 3.05) is 6.61 Å². The van der Waals surface area contributed by atoms with E-state index in [9.17, 15) is 9.90 Å². The largest absolute Gasteiger partial charge is 0.508 e. The predicted octanol–water partition coefficient (Wildman–Crippen LogP) is 3.38. The number of carbonyl (C=O) groups is 1. The molecule has 1 atom stereocenters. The first-order valence-corrected chi connectivity index (χ1v) is 7.81. The van der Waals surface area contributed by atoms with Crippen LogP contribution in [0.5, 0.6) is 11.5 Å². The van der Waals surface area contributed by atoms with E-state index in [-0.39, 0.29) is 12.1 Å². The van der Waals surface area contributed by atoms with Gasteiger partial charge in [-0.15, -0.1) is 0 Å². The Kier molecular flexibility index (Phi) is 5.48. The summed E-state index contributed by atoms with van der Waals surface area (Å²) in [7, 11) is 0. The molecule has 1 aromatic rings. The van der Waals surface area contributed by atoms with Crippen LogP contribution in [-0.4, -0.2) is 23.8 Å². The van der Waals surface area contributed by atoms with Crippen LogP contribution in [0.4, 0.5) is 0 Å². The van der Waals surface area contributed by atoms with Crippen LogP contribution in [0.2, 0.25) is 0 Å². The number of phenolic OH excluding ortho intramolecular Hbond substituents is 1. The molecule has 1 aliphatic heterocycles. The molecule has 4 heteroatoms. The van der Waals surface area contributed by atoms with Crippen molar-refractivity contribution in [3.8, 4) is 11.5 Å². The molecule has 21 heavy (non-hydrogen) atoms. The maximum Gasteiger partial charge on any atom is 0.305 e. The van der Waals surface area contributed by atoms with Gasteiger partial charge >= 0.3 is 5.97 Å². The van der Waals surface area contributed by atoms with Crippen molar-refractivity contribution in [2.24, 2.45) is 0 Å². The average molecular weight is 292 g/mol. The fourth-order valence-corrected chi connectivity index (χ4v) is 2.76. The van der Waals surface area contributed by atoms with Crippen molar-refractivity contribution in [2.45, 2.75) is 58.5 Å². The second kappa shape index (κ2) is 7.34. The summed E-state index contributed by atoms with van der Waals surface area (Å²) in [6.45, 7) is 4.31. The topological polar surface area (TPSA) is 55.8 Å². The van der Waals surface area contributed by atoms with Crippen LogP contribution < -0.4 is 4.74 Å². The first-order chi connectivity index (χ1) is 10.2. The fraction of sp³-hybridized carbons (Fsp3) is 0.588. The lowest BCUT2D eigenvalue weighted by Gasteiger charge is -2.28. The third-order valence-electron chi connectivity index (χ3n) is 3.81. The van der Waals surface area contributed by atoms with E-state index in [2.05, 4.69) is 6.92 Å². The van der Waals surface area contributed by atoms with E-state index in [0.29, 0.717) is 25.2 Å². The van der Waals surface area contributed by atoms with Crippen LogP contribution in [0.3, 0.4) is 0 Å². The van der Waals surface area contributed by atoms with E-state index in [4.69, 9.17) is 9.47 Å². The van der Waals surface area contributed by atoms with Crippen molar-refractivity contribution in [3.63, 3.8) is 0 Å². The molecule has 1 aromatic carbocycles. The Morgan fingerprint density at radius 3 is 2.95 bits per heavy atom. The Balaban J connectivity index is 2.04. The second-order valence-corrected chi connectivity index (χ2v) is 5.42. The third kappa shape index (κ3) is 3.90. The van der Waals surface area contributed by atoms with Gasteiger partial charge in [-0.1, -0.05) is 19.4 Å². The highest BCUT2D eigenvalue weighted by Gasteiger charge is 2.24. The van der Waals surface area contributed by atoms with Crippen molar-refractivity contribution in [1.29, 1.82) is 0 Å². The monoisotopic (exact) mass is 292 g/mol. The minimum Gasteiger partial charge on any atom is -0.508 e. The third-order valence-corrected chi connectivity index (χ3v) is 3.81. The first-order valence-electron chi connectivity index (χ1n) is 7.81. The van der Waals surface area contributed by atoms with Gasteiger partial charge in [-0.3, -0.25) is 4.79 Å². The lowest BCUT2D eigenvalue weighted by molar-refractivity contribution is -0.143. The number of ether oxygens (including phenoxy) is 2. The van der Waals surface area contributed by atoms with Crippen LogP contribution in [-0.2, 0) is 22.4 Å². The molecule has 0 spiro atoms. The number of aromatic hydroxyl groups is 1. The quantitative estimate of drug-likeness (QED) is 0.817. The number of phenols is 1. The highest BCUT2D eigenvalue weighted by atomic mass is 16.5. The maximum absolute atomic E-state index is 11.4. The summed E-state index contributed by atoms with van der Waals surface area (Å²) in [6, 6.07) is 3.69. The van der Waals surface area contributed by atoms with Gasteiger partial charge in [0.15, 0.2) is 0 Å². The van der Waals surface area contributed by atoms with Gasteiger partial charge in [0, 0.05) is 12.0 Å². The van der Waals surface area contributed by atoms with E-state index >= 15 is 0 Å². The maximum atomic E-state index is 11.4. The molecule has 1 heterocycles. The van der Waals surface area contributed by atoms with Crippen molar-refractivity contribution in [1.82, 2.24) is 0 Å². The van der Waals surface area contributed by atoms with Gasteiger partial charge < -0.3 is 14.6 Å². The molecular formula is C17H24O4. The SMILES string of the molecule is CCCc1c(O)ccc2c1OC(CCC(=O)OCC)CC2. The smallest absolute Gasteiger partial charge is 0.305 e. The Bertz CT molecular complexity index is 496. The molecule has 0 saturated heterocycles. The Hall–Kier alpha value is -1.71. The van der Waals surface area contributed by atoms with Crippen LogP contribution >= 0.6 is 0 Å². The number of hydrogen-bond acceptors (Lipinski definition) is 4. The van der Waals surface area contributed by atoms with Gasteiger partial charge in [0.1, 0.15) is 11.5 Å². The van der Waals surface area contributed by atoms with E-state index in [1.165, 1.54) is 0 Å². The van der Waals surface area contributed by atoms with Crippen LogP contribution in [0, 0.1) is 0 Å². The lowest BCUT2D eigenvalue weighted by atomic mass is 9.95. The number of carbonyl (C=O) groups excluding carboxylic acids is 1. The minimum absolute atomic E-state index is 0.0271. The summed E-state index contributed by atoms with van der Waals surface area (Å²) < 4.78 is 11.0. The van der Waals surface area contributed by atoms with E-state index < -0.39 is 0 Å². The van der Waals surface area contributed by atoms with Crippen molar-refractivity contribution in [3.05, 3.63) is 23.3 Å². The predicted molar refractivity (Wildman–Crippen MR) is 80.7 cm³/mol. The van der Waals surface area contributed by atoms with E-state index in [0.717, 1.165) is 42.6 Å². The molecule has 0 bridgehead atoms. The lowest BCUT2D eigenvalue weighted by Crippen LogP contribution is -2.24. The van der Waals surface area contributed by atoms with Gasteiger partial charge in [-0.2, -0.15) is 0 Å². The molecule has 0 aliphatic carbocycles. The summed E-state index contributed by atoms with van der Waals surface area (Å²) in [5, 5.41) is 10.0. The number of esters is 1. The molecule has 1 unspecified atom stereocenters. The molecule has 0 fully saturated rings. The number of fused-ring (bicyclic) bond motifs is 1. The van der Waals surface area contributed by atoms with Crippen molar-refractivity contribution >= 4 is 5.97 Å². The first kappa shape index (κ1) is 15.7. The van der Waals surface area contributed by atoms with E-state index in [1.54, 1.807) is 6.07 Å². The second-order valence-electron chi connectivity index (χ2n) is 5.42. The van der Waals surface area contributed by atoms with Gasteiger partial charge in [0.25, 0.3) is 0 Å². The summed E-state index contributed by atoms with van der Waals surface area (Å²) >= 11 is 0. The molecule has 1 aliphatic rings. The summed E-state index contributed by atoms with van der Waals surface area (Å²) in [5.41, 5.74) is 2.06. The Labute approximate surface area is 126 Å². The summed E-state index contributed by atoms with van der Waals surface area (Å²) in [6.07, 6.45) is 4.68. The van der Waals surface area contributed by atoms with Crippen LogP contribution in [0.25, 0.3) is 0 Å².